The molecule has 0 radical (unpaired) electrons. The molecule has 0 aliphatic carbocycles. The van der Waals surface area contributed by atoms with Crippen molar-refractivity contribution in [3.8, 4) is 11.5 Å². The summed E-state index contributed by atoms with van der Waals surface area (Å²) in [4.78, 5) is 30.8. The lowest BCUT2D eigenvalue weighted by molar-refractivity contribution is -0.131. The lowest BCUT2D eigenvalue weighted by Crippen LogP contribution is -2.47. The normalized spacial score (nSPS) is 11.8. The van der Waals surface area contributed by atoms with Crippen molar-refractivity contribution in [2.24, 2.45) is 0 Å². The van der Waals surface area contributed by atoms with Gasteiger partial charge in [-0.15, -0.1) is 0 Å². The Bertz CT molecular complexity index is 1390. The number of hydrogen-bond acceptors (Lipinski definition) is 4. The van der Waals surface area contributed by atoms with Gasteiger partial charge in [-0.25, -0.2) is 0 Å². The number of aromatic amines is 1. The van der Waals surface area contributed by atoms with Gasteiger partial charge >= 0.3 is 0 Å². The van der Waals surface area contributed by atoms with Crippen molar-refractivity contribution in [2.45, 2.75) is 45.7 Å². The number of rotatable bonds is 12. The van der Waals surface area contributed by atoms with E-state index in [1.54, 1.807) is 18.9 Å². The van der Waals surface area contributed by atoms with Gasteiger partial charge in [0.05, 0.1) is 13.2 Å². The predicted molar refractivity (Wildman–Crippen MR) is 154 cm³/mol. The van der Waals surface area contributed by atoms with Gasteiger partial charge in [-0.3, -0.25) is 9.59 Å². The molecule has 1 unspecified atom stereocenters. The number of carbonyl (C=O) groups is 2. The van der Waals surface area contributed by atoms with Gasteiger partial charge in [-0.1, -0.05) is 62.4 Å². The van der Waals surface area contributed by atoms with Crippen molar-refractivity contribution in [3.05, 3.63) is 95.7 Å². The molecule has 7 heteroatoms. The number of ether oxygens (including phenoxy) is 2. The summed E-state index contributed by atoms with van der Waals surface area (Å²) in [5.74, 6) is 1.46. The van der Waals surface area contributed by atoms with Gasteiger partial charge < -0.3 is 24.7 Å². The summed E-state index contributed by atoms with van der Waals surface area (Å²) in [5, 5.41) is 4.21. The van der Waals surface area contributed by atoms with Crippen LogP contribution in [0.1, 0.15) is 43.4 Å². The van der Waals surface area contributed by atoms with Crippen LogP contribution in [0.3, 0.4) is 0 Å². The zero-order valence-corrected chi connectivity index (χ0v) is 23.1. The highest BCUT2D eigenvalue weighted by atomic mass is 16.5. The molecule has 1 heterocycles. The van der Waals surface area contributed by atoms with Crippen LogP contribution in [0.2, 0.25) is 0 Å². The summed E-state index contributed by atoms with van der Waals surface area (Å²) in [6.45, 7) is 6.41. The van der Waals surface area contributed by atoms with Crippen LogP contribution < -0.4 is 14.8 Å². The standard InChI is InChI=1S/C32H37N3O4/c1-22(2)24-13-15-28(16-14-24)39-21-32(37)34-27(17-26-18-33-30-11-7-6-10-29(26)30)20-35(23(3)36)19-25-9-5-8-12-31(25)38-4/h5-16,18,22,27,33H,17,19-21H2,1-4H3,(H,34,37). The molecule has 0 bridgehead atoms. The maximum atomic E-state index is 13.0. The Morgan fingerprint density at radius 1 is 0.949 bits per heavy atom. The molecular weight excluding hydrogens is 490 g/mol. The summed E-state index contributed by atoms with van der Waals surface area (Å²) < 4.78 is 11.3. The highest BCUT2D eigenvalue weighted by Gasteiger charge is 2.22. The lowest BCUT2D eigenvalue weighted by atomic mass is 10.0. The number of benzene rings is 3. The van der Waals surface area contributed by atoms with E-state index in [-0.39, 0.29) is 24.5 Å². The van der Waals surface area contributed by atoms with E-state index in [1.807, 2.05) is 72.9 Å². The Kier molecular flexibility index (Phi) is 9.26. The van der Waals surface area contributed by atoms with E-state index in [4.69, 9.17) is 9.47 Å². The minimum atomic E-state index is -0.331. The first-order valence-corrected chi connectivity index (χ1v) is 13.3. The number of H-pyrrole nitrogens is 1. The molecule has 4 aromatic rings. The highest BCUT2D eigenvalue weighted by Crippen LogP contribution is 2.22. The molecule has 3 aromatic carbocycles. The van der Waals surface area contributed by atoms with Gasteiger partial charge in [0, 0.05) is 42.7 Å². The predicted octanol–water partition coefficient (Wildman–Crippen LogP) is 5.45. The summed E-state index contributed by atoms with van der Waals surface area (Å²) in [6.07, 6.45) is 2.52. The molecule has 1 aromatic heterocycles. The Hall–Kier alpha value is -4.26. The van der Waals surface area contributed by atoms with Gasteiger partial charge in [-0.2, -0.15) is 0 Å². The molecule has 2 amide bonds. The van der Waals surface area contributed by atoms with Gasteiger partial charge in [0.25, 0.3) is 5.91 Å². The van der Waals surface area contributed by atoms with Crippen molar-refractivity contribution in [1.29, 1.82) is 0 Å². The largest absolute Gasteiger partial charge is 0.496 e. The number of methoxy groups -OCH3 is 1. The minimum Gasteiger partial charge on any atom is -0.496 e. The summed E-state index contributed by atoms with van der Waals surface area (Å²) in [7, 11) is 1.62. The monoisotopic (exact) mass is 527 g/mol. The fourth-order valence-electron chi connectivity index (χ4n) is 4.70. The molecule has 39 heavy (non-hydrogen) atoms. The minimum absolute atomic E-state index is 0.0828. The summed E-state index contributed by atoms with van der Waals surface area (Å²) in [6, 6.07) is 23.2. The van der Waals surface area contributed by atoms with E-state index in [1.165, 1.54) is 5.56 Å². The smallest absolute Gasteiger partial charge is 0.258 e. The quantitative estimate of drug-likeness (QED) is 0.256. The molecule has 7 nitrogen and oxygen atoms in total. The highest BCUT2D eigenvalue weighted by molar-refractivity contribution is 5.83. The molecule has 4 rings (SSSR count). The fourth-order valence-corrected chi connectivity index (χ4v) is 4.70. The van der Waals surface area contributed by atoms with Crippen LogP contribution >= 0.6 is 0 Å². The molecule has 0 saturated heterocycles. The number of hydrogen-bond donors (Lipinski definition) is 2. The second-order valence-electron chi connectivity index (χ2n) is 10.1. The number of nitrogens with zero attached hydrogens (tertiary/aromatic N) is 1. The van der Waals surface area contributed by atoms with Crippen molar-refractivity contribution in [2.75, 3.05) is 20.3 Å². The average molecular weight is 528 g/mol. The van der Waals surface area contributed by atoms with Crippen LogP contribution in [0.5, 0.6) is 11.5 Å². The van der Waals surface area contributed by atoms with E-state index >= 15 is 0 Å². The second-order valence-corrected chi connectivity index (χ2v) is 10.1. The van der Waals surface area contributed by atoms with Gasteiger partial charge in [0.15, 0.2) is 6.61 Å². The molecule has 0 spiro atoms. The molecule has 2 N–H and O–H groups in total. The first-order valence-electron chi connectivity index (χ1n) is 13.3. The molecule has 0 saturated carbocycles. The van der Waals surface area contributed by atoms with E-state index in [0.29, 0.717) is 31.2 Å². The van der Waals surface area contributed by atoms with Crippen LogP contribution in [0.4, 0.5) is 0 Å². The summed E-state index contributed by atoms with van der Waals surface area (Å²) >= 11 is 0. The molecule has 204 valence electrons. The molecular formula is C32H37N3O4. The Balaban J connectivity index is 1.50. The maximum absolute atomic E-state index is 13.0. The van der Waals surface area contributed by atoms with Crippen molar-refractivity contribution >= 4 is 22.7 Å². The van der Waals surface area contributed by atoms with Gasteiger partial charge in [-0.05, 0) is 47.7 Å². The van der Waals surface area contributed by atoms with Crippen LogP contribution in [-0.2, 0) is 22.6 Å². The SMILES string of the molecule is COc1ccccc1CN(CC(Cc1c[nH]c2ccccc12)NC(=O)COc1ccc(C(C)C)cc1)C(C)=O. The van der Waals surface area contributed by atoms with Crippen molar-refractivity contribution in [3.63, 3.8) is 0 Å². The Morgan fingerprint density at radius 3 is 2.38 bits per heavy atom. The molecule has 0 aliphatic heterocycles. The van der Waals surface area contributed by atoms with Crippen molar-refractivity contribution < 1.29 is 19.1 Å². The first-order chi connectivity index (χ1) is 18.8. The first kappa shape index (κ1) is 27.8. The third-order valence-corrected chi connectivity index (χ3v) is 6.86. The third-order valence-electron chi connectivity index (χ3n) is 6.86. The maximum Gasteiger partial charge on any atom is 0.258 e. The number of nitrogens with one attached hydrogen (secondary N) is 2. The van der Waals surface area contributed by atoms with E-state index in [0.717, 1.165) is 27.8 Å². The Labute approximate surface area is 230 Å². The third kappa shape index (κ3) is 7.41. The lowest BCUT2D eigenvalue weighted by Gasteiger charge is -2.28. The van der Waals surface area contributed by atoms with Crippen LogP contribution in [-0.4, -0.2) is 48.0 Å². The van der Waals surface area contributed by atoms with Crippen LogP contribution in [0.15, 0.2) is 79.0 Å². The number of aromatic nitrogens is 1. The topological polar surface area (TPSA) is 83.7 Å². The molecule has 0 aliphatic rings. The van der Waals surface area contributed by atoms with E-state index in [2.05, 4.69) is 30.2 Å². The fraction of sp³-hybridized carbons (Fsp3) is 0.312. The number of fused-ring (bicyclic) bond motifs is 1. The number of carbonyl (C=O) groups excluding carboxylic acids is 2. The summed E-state index contributed by atoms with van der Waals surface area (Å²) in [5.41, 5.74) is 4.22. The van der Waals surface area contributed by atoms with Crippen LogP contribution in [0.25, 0.3) is 10.9 Å². The van der Waals surface area contributed by atoms with Crippen molar-refractivity contribution in [1.82, 2.24) is 15.2 Å². The van der Waals surface area contributed by atoms with Crippen LogP contribution in [0, 0.1) is 0 Å². The second kappa shape index (κ2) is 13.0. The van der Waals surface area contributed by atoms with E-state index < -0.39 is 0 Å². The average Bonchev–Trinajstić information content (AvgIpc) is 3.34. The number of amides is 2. The zero-order valence-electron chi connectivity index (χ0n) is 23.1. The van der Waals surface area contributed by atoms with Gasteiger partial charge in [0.1, 0.15) is 11.5 Å². The van der Waals surface area contributed by atoms with E-state index in [9.17, 15) is 9.59 Å². The van der Waals surface area contributed by atoms with Gasteiger partial charge in [0.2, 0.25) is 5.91 Å². The Morgan fingerprint density at radius 2 is 1.67 bits per heavy atom. The zero-order chi connectivity index (χ0) is 27.8. The molecule has 0 fully saturated rings. The number of para-hydroxylation sites is 2. The molecule has 1 atom stereocenters.